The zero-order chi connectivity index (χ0) is 8.53. The highest BCUT2D eigenvalue weighted by Gasteiger charge is 2.00. The molecule has 0 amide bonds. The maximum atomic E-state index is 11.5. The van der Waals surface area contributed by atoms with Crippen molar-refractivity contribution in [3.63, 3.8) is 0 Å². The molecule has 0 saturated carbocycles. The Kier molecular flexibility index (Phi) is 7.10. The zero-order valence-electron chi connectivity index (χ0n) is 6.94. The fourth-order valence-corrected chi connectivity index (χ4v) is 0.744. The van der Waals surface area contributed by atoms with Gasteiger partial charge in [-0.25, -0.2) is 4.39 Å². The van der Waals surface area contributed by atoms with Crippen LogP contribution in [-0.4, -0.2) is 19.3 Å². The predicted octanol–water partition coefficient (Wildman–Crippen LogP) is 2.08. The summed E-state index contributed by atoms with van der Waals surface area (Å²) in [5.74, 6) is -0.281. The Morgan fingerprint density at radius 2 is 2.18 bits per heavy atom. The summed E-state index contributed by atoms with van der Waals surface area (Å²) in [4.78, 5) is 10.7. The number of carbonyl (C=O) groups is 1. The summed E-state index contributed by atoms with van der Waals surface area (Å²) in [6.07, 6.45) is 3.39. The van der Waals surface area contributed by atoms with Crippen LogP contribution in [0.2, 0.25) is 0 Å². The summed E-state index contributed by atoms with van der Waals surface area (Å²) >= 11 is 0. The fourth-order valence-electron chi connectivity index (χ4n) is 0.744. The van der Waals surface area contributed by atoms with E-state index >= 15 is 0 Å². The number of hydrogen-bond acceptors (Lipinski definition) is 2. The maximum absolute atomic E-state index is 11.5. The molecule has 0 heterocycles. The second-order valence-electron chi connectivity index (χ2n) is 2.37. The lowest BCUT2D eigenvalue weighted by molar-refractivity contribution is -0.144. The number of esters is 1. The van der Waals surface area contributed by atoms with Crippen molar-refractivity contribution in [2.45, 2.75) is 32.6 Å². The molecule has 11 heavy (non-hydrogen) atoms. The fraction of sp³-hybridized carbons (Fsp3) is 0.875. The summed E-state index contributed by atoms with van der Waals surface area (Å²) in [5.41, 5.74) is 0. The van der Waals surface area contributed by atoms with Crippen LogP contribution in [0.5, 0.6) is 0 Å². The van der Waals surface area contributed by atoms with Crippen LogP contribution in [-0.2, 0) is 9.53 Å². The molecule has 0 atom stereocenters. The van der Waals surface area contributed by atoms with Gasteiger partial charge in [-0.1, -0.05) is 19.8 Å². The molecule has 3 heteroatoms. The Bertz CT molecular complexity index is 104. The molecule has 0 rings (SSSR count). The lowest BCUT2D eigenvalue weighted by atomic mass is 10.2. The SMILES string of the molecule is CCCCCC(=O)OCCF. The molecule has 0 aliphatic heterocycles. The molecule has 0 aromatic carbocycles. The number of hydrogen-bond donors (Lipinski definition) is 0. The van der Waals surface area contributed by atoms with E-state index in [2.05, 4.69) is 11.7 Å². The van der Waals surface area contributed by atoms with Crippen molar-refractivity contribution in [2.75, 3.05) is 13.3 Å². The Morgan fingerprint density at radius 3 is 2.73 bits per heavy atom. The molecule has 0 bridgehead atoms. The van der Waals surface area contributed by atoms with Gasteiger partial charge in [0, 0.05) is 6.42 Å². The Balaban J connectivity index is 3.09. The van der Waals surface area contributed by atoms with Gasteiger partial charge in [0.25, 0.3) is 0 Å². The van der Waals surface area contributed by atoms with Gasteiger partial charge in [-0.2, -0.15) is 0 Å². The zero-order valence-corrected chi connectivity index (χ0v) is 6.94. The van der Waals surface area contributed by atoms with Crippen molar-refractivity contribution in [3.8, 4) is 0 Å². The number of ether oxygens (including phenoxy) is 1. The topological polar surface area (TPSA) is 26.3 Å². The Labute approximate surface area is 66.7 Å². The highest BCUT2D eigenvalue weighted by atomic mass is 19.1. The summed E-state index contributed by atoms with van der Waals surface area (Å²) in [6.45, 7) is 1.39. The number of carbonyl (C=O) groups excluding carboxylic acids is 1. The van der Waals surface area contributed by atoms with Crippen LogP contribution in [0, 0.1) is 0 Å². The molecule has 0 N–H and O–H groups in total. The average molecular weight is 162 g/mol. The molecule has 0 aliphatic rings. The smallest absolute Gasteiger partial charge is 0.305 e. The highest BCUT2D eigenvalue weighted by Crippen LogP contribution is 1.99. The minimum absolute atomic E-state index is 0.0923. The highest BCUT2D eigenvalue weighted by molar-refractivity contribution is 5.69. The van der Waals surface area contributed by atoms with Crippen molar-refractivity contribution >= 4 is 5.97 Å². The van der Waals surface area contributed by atoms with Crippen LogP contribution < -0.4 is 0 Å². The standard InChI is InChI=1S/C8H15FO2/c1-2-3-4-5-8(10)11-7-6-9/h2-7H2,1H3. The van der Waals surface area contributed by atoms with Crippen LogP contribution in [0.4, 0.5) is 4.39 Å². The van der Waals surface area contributed by atoms with Gasteiger partial charge in [0.15, 0.2) is 0 Å². The van der Waals surface area contributed by atoms with E-state index in [0.717, 1.165) is 19.3 Å². The van der Waals surface area contributed by atoms with Gasteiger partial charge in [0.1, 0.15) is 13.3 Å². The van der Waals surface area contributed by atoms with Crippen LogP contribution in [0.3, 0.4) is 0 Å². The first-order chi connectivity index (χ1) is 5.31. The number of unbranched alkanes of at least 4 members (excludes halogenated alkanes) is 2. The van der Waals surface area contributed by atoms with Crippen molar-refractivity contribution in [1.82, 2.24) is 0 Å². The van der Waals surface area contributed by atoms with Gasteiger partial charge in [0.05, 0.1) is 0 Å². The van der Waals surface area contributed by atoms with Crippen LogP contribution in [0.25, 0.3) is 0 Å². The lowest BCUT2D eigenvalue weighted by Crippen LogP contribution is -2.06. The largest absolute Gasteiger partial charge is 0.463 e. The minimum Gasteiger partial charge on any atom is -0.463 e. The average Bonchev–Trinajstić information content (AvgIpc) is 2.01. The van der Waals surface area contributed by atoms with E-state index in [1.807, 2.05) is 0 Å². The predicted molar refractivity (Wildman–Crippen MR) is 41.1 cm³/mol. The van der Waals surface area contributed by atoms with E-state index in [0.29, 0.717) is 6.42 Å². The minimum atomic E-state index is -0.584. The molecule has 0 aromatic rings. The monoisotopic (exact) mass is 162 g/mol. The number of alkyl halides is 1. The molecular formula is C8H15FO2. The van der Waals surface area contributed by atoms with E-state index in [1.54, 1.807) is 0 Å². The molecule has 0 aromatic heterocycles. The van der Waals surface area contributed by atoms with Gasteiger partial charge in [-0.3, -0.25) is 4.79 Å². The summed E-state index contributed by atoms with van der Waals surface area (Å²) < 4.78 is 16.0. The third kappa shape index (κ3) is 7.30. The van der Waals surface area contributed by atoms with Crippen LogP contribution in [0.1, 0.15) is 32.6 Å². The van der Waals surface area contributed by atoms with Crippen molar-refractivity contribution in [3.05, 3.63) is 0 Å². The summed E-state index contributed by atoms with van der Waals surface area (Å²) in [7, 11) is 0. The molecule has 0 radical (unpaired) electrons. The van der Waals surface area contributed by atoms with Crippen molar-refractivity contribution in [1.29, 1.82) is 0 Å². The molecule has 0 aliphatic carbocycles. The van der Waals surface area contributed by atoms with Gasteiger partial charge in [-0.05, 0) is 6.42 Å². The van der Waals surface area contributed by atoms with Gasteiger partial charge in [-0.15, -0.1) is 0 Å². The van der Waals surface area contributed by atoms with E-state index < -0.39 is 6.67 Å². The second kappa shape index (κ2) is 7.51. The second-order valence-corrected chi connectivity index (χ2v) is 2.37. The summed E-state index contributed by atoms with van der Waals surface area (Å²) in [6, 6.07) is 0. The van der Waals surface area contributed by atoms with Gasteiger partial charge < -0.3 is 4.74 Å². The molecule has 0 spiro atoms. The molecular weight excluding hydrogens is 147 g/mol. The first-order valence-corrected chi connectivity index (χ1v) is 4.02. The number of rotatable bonds is 6. The summed E-state index contributed by atoms with van der Waals surface area (Å²) in [5, 5.41) is 0. The molecule has 0 unspecified atom stereocenters. The van der Waals surface area contributed by atoms with Gasteiger partial charge in [0.2, 0.25) is 0 Å². The van der Waals surface area contributed by atoms with Crippen molar-refractivity contribution in [2.24, 2.45) is 0 Å². The maximum Gasteiger partial charge on any atom is 0.305 e. The molecule has 2 nitrogen and oxygen atoms in total. The van der Waals surface area contributed by atoms with Crippen LogP contribution >= 0.6 is 0 Å². The lowest BCUT2D eigenvalue weighted by Gasteiger charge is -2.00. The van der Waals surface area contributed by atoms with E-state index in [1.165, 1.54) is 0 Å². The molecule has 0 saturated heterocycles. The molecule has 0 fully saturated rings. The van der Waals surface area contributed by atoms with Gasteiger partial charge >= 0.3 is 5.97 Å². The first-order valence-electron chi connectivity index (χ1n) is 4.02. The quantitative estimate of drug-likeness (QED) is 0.441. The Morgan fingerprint density at radius 1 is 1.45 bits per heavy atom. The van der Waals surface area contributed by atoms with Crippen LogP contribution in [0.15, 0.2) is 0 Å². The van der Waals surface area contributed by atoms with E-state index in [4.69, 9.17) is 0 Å². The normalized spacial score (nSPS) is 9.64. The third-order valence-electron chi connectivity index (χ3n) is 1.32. The van der Waals surface area contributed by atoms with Crippen molar-refractivity contribution < 1.29 is 13.9 Å². The first kappa shape index (κ1) is 10.4. The third-order valence-corrected chi connectivity index (χ3v) is 1.32. The van der Waals surface area contributed by atoms with E-state index in [9.17, 15) is 9.18 Å². The number of halogens is 1. The molecule has 66 valence electrons. The Hall–Kier alpha value is -0.600. The van der Waals surface area contributed by atoms with E-state index in [-0.39, 0.29) is 12.6 Å².